The molecule has 0 aliphatic heterocycles. The Bertz CT molecular complexity index is 1860. The molecule has 0 fully saturated rings. The number of Topliss-reactive ketones (excluding diaryl/α,β-unsaturated/α-hetero) is 3. The third kappa shape index (κ3) is 27.5. The zero-order chi connectivity index (χ0) is 51.5. The predicted molar refractivity (Wildman–Crippen MR) is 279 cm³/mol. The maximum absolute atomic E-state index is 14.4. The summed E-state index contributed by atoms with van der Waals surface area (Å²) < 4.78 is 0. The van der Waals surface area contributed by atoms with Gasteiger partial charge in [0.1, 0.15) is 0 Å². The van der Waals surface area contributed by atoms with Crippen LogP contribution in [0.1, 0.15) is 180 Å². The number of carbonyl (C=O) groups excluding carboxylic acids is 6. The van der Waals surface area contributed by atoms with E-state index in [1.807, 2.05) is 44.2 Å². The zero-order valence-electron chi connectivity index (χ0n) is 43.0. The molecular formula is C53H89N11O6. The first-order valence-electron chi connectivity index (χ1n) is 26.2. The molecule has 1 aromatic heterocycles. The van der Waals surface area contributed by atoms with Crippen LogP contribution < -0.4 is 38.9 Å². The lowest BCUT2D eigenvalue weighted by Crippen LogP contribution is -2.48. The average molecular weight is 976 g/mol. The third-order valence-electron chi connectivity index (χ3n) is 12.6. The molecule has 1 heterocycles. The molecule has 0 radical (unpaired) electrons. The Morgan fingerprint density at radius 3 is 1.66 bits per heavy atom. The summed E-state index contributed by atoms with van der Waals surface area (Å²) in [5.74, 6) is -3.99. The van der Waals surface area contributed by atoms with Gasteiger partial charge in [-0.1, -0.05) is 135 Å². The highest BCUT2D eigenvalue weighted by molar-refractivity contribution is 5.96. The molecule has 0 saturated heterocycles. The van der Waals surface area contributed by atoms with Crippen LogP contribution in [0.5, 0.6) is 0 Å². The molecule has 0 saturated carbocycles. The molecule has 3 amide bonds. The van der Waals surface area contributed by atoms with Gasteiger partial charge >= 0.3 is 0 Å². The molecule has 0 bridgehead atoms. The molecule has 0 aliphatic rings. The zero-order valence-corrected chi connectivity index (χ0v) is 43.0. The van der Waals surface area contributed by atoms with E-state index in [-0.39, 0.29) is 99.8 Å². The molecule has 2 rings (SSSR count). The summed E-state index contributed by atoms with van der Waals surface area (Å²) in [5.41, 5.74) is 23.9. The van der Waals surface area contributed by atoms with Crippen LogP contribution in [0.4, 0.5) is 0 Å². The van der Waals surface area contributed by atoms with Crippen LogP contribution in [0, 0.1) is 17.8 Å². The van der Waals surface area contributed by atoms with Crippen LogP contribution in [0.25, 0.3) is 0 Å². The van der Waals surface area contributed by atoms with Crippen molar-refractivity contribution in [2.45, 2.75) is 200 Å². The number of aromatic nitrogens is 2. The summed E-state index contributed by atoms with van der Waals surface area (Å²) in [4.78, 5) is 98.7. The van der Waals surface area contributed by atoms with Crippen molar-refractivity contribution < 1.29 is 28.8 Å². The quantitative estimate of drug-likeness (QED) is 0.0204. The Kier molecular flexibility index (Phi) is 31.4. The number of H-pyrrole nitrogens is 1. The summed E-state index contributed by atoms with van der Waals surface area (Å²) in [7, 11) is 0. The highest BCUT2D eigenvalue weighted by Crippen LogP contribution is 2.22. The van der Waals surface area contributed by atoms with Crippen molar-refractivity contribution in [2.75, 3.05) is 13.1 Å². The number of hydrogen-bond acceptors (Lipinski definition) is 9. The molecule has 392 valence electrons. The number of nitrogens with two attached hydrogens (primary N) is 4. The first-order chi connectivity index (χ1) is 33.6. The summed E-state index contributed by atoms with van der Waals surface area (Å²) in [6.07, 6.45) is 20.4. The van der Waals surface area contributed by atoms with E-state index in [0.29, 0.717) is 31.4 Å². The first-order valence-corrected chi connectivity index (χ1v) is 26.2. The second kappa shape index (κ2) is 36.3. The van der Waals surface area contributed by atoms with Gasteiger partial charge in [-0.15, -0.1) is 0 Å². The number of imidazole rings is 1. The lowest BCUT2D eigenvalue weighted by Gasteiger charge is -2.26. The van der Waals surface area contributed by atoms with Crippen molar-refractivity contribution in [1.82, 2.24) is 25.9 Å². The van der Waals surface area contributed by atoms with Crippen LogP contribution in [-0.2, 0) is 41.6 Å². The van der Waals surface area contributed by atoms with Crippen molar-refractivity contribution >= 4 is 47.0 Å². The maximum Gasteiger partial charge on any atom is 0.224 e. The minimum Gasteiger partial charge on any atom is -0.370 e. The average Bonchev–Trinajstić information content (AvgIpc) is 3.84. The van der Waals surface area contributed by atoms with Crippen LogP contribution in [0.3, 0.4) is 0 Å². The van der Waals surface area contributed by atoms with E-state index in [2.05, 4.69) is 42.8 Å². The number of rotatable bonds is 41. The molecule has 0 aliphatic carbocycles. The molecule has 17 nitrogen and oxygen atoms in total. The maximum atomic E-state index is 14.4. The molecule has 70 heavy (non-hydrogen) atoms. The largest absolute Gasteiger partial charge is 0.370 e. The topological polar surface area (TPSA) is 296 Å². The molecule has 0 unspecified atom stereocenters. The number of benzene rings is 1. The number of guanidine groups is 2. The van der Waals surface area contributed by atoms with Crippen LogP contribution in [0.2, 0.25) is 0 Å². The minimum atomic E-state index is -1.06. The molecule has 12 N–H and O–H groups in total. The molecular weight excluding hydrogens is 887 g/mol. The Morgan fingerprint density at radius 2 is 1.11 bits per heavy atom. The van der Waals surface area contributed by atoms with E-state index < -0.39 is 47.6 Å². The fraction of sp³-hybridized carbons (Fsp3) is 0.679. The number of aromatic amines is 1. The fourth-order valence-corrected chi connectivity index (χ4v) is 8.66. The van der Waals surface area contributed by atoms with E-state index >= 15 is 0 Å². The monoisotopic (exact) mass is 976 g/mol. The number of amides is 3. The van der Waals surface area contributed by atoms with Gasteiger partial charge in [0.2, 0.25) is 17.7 Å². The van der Waals surface area contributed by atoms with E-state index in [1.54, 1.807) is 13.1 Å². The van der Waals surface area contributed by atoms with Crippen molar-refractivity contribution in [1.29, 1.82) is 0 Å². The standard InChI is InChI=1S/C53H89N11O6/c1-5-7-8-9-10-11-12-13-14-15-16-17-21-28-49(68)62-44(32-39-24-19-18-20-25-39)48(67)33-40(26-22-29-59-52(54)55)50(69)63-43(27-23-30-60-53(56)57)47(66)34-41(31-38(3)4)51(70)64-45(46(65)6-2)35-42-36-58-37-61-42/h18-20,24-25,36-38,40-41,43-45H,5-17,21-23,26-35H2,1-4H3,(H,58,61)(H,62,68)(H,63,69)(H,64,70)(H4,54,55,59)(H4,56,57,60)/t40-,41-,43+,44+,45+/m1/s1. The predicted octanol–water partition coefficient (Wildman–Crippen LogP) is 6.41. The second-order valence-electron chi connectivity index (χ2n) is 19.3. The number of nitrogens with zero attached hydrogens (tertiary/aromatic N) is 3. The molecule has 17 heteroatoms. The minimum absolute atomic E-state index is 0.0192. The van der Waals surface area contributed by atoms with Gasteiger partial charge in [0.15, 0.2) is 29.3 Å². The summed E-state index contributed by atoms with van der Waals surface area (Å²) >= 11 is 0. The second-order valence-corrected chi connectivity index (χ2v) is 19.3. The van der Waals surface area contributed by atoms with Gasteiger partial charge in [0.25, 0.3) is 0 Å². The summed E-state index contributed by atoms with van der Waals surface area (Å²) in [6, 6.07) is 6.63. The van der Waals surface area contributed by atoms with E-state index in [4.69, 9.17) is 22.9 Å². The normalized spacial score (nSPS) is 13.3. The number of ketones is 3. The number of hydrogen-bond donors (Lipinski definition) is 8. The van der Waals surface area contributed by atoms with Gasteiger partial charge in [-0.05, 0) is 56.4 Å². The van der Waals surface area contributed by atoms with Gasteiger partial charge in [0.05, 0.1) is 24.5 Å². The highest BCUT2D eigenvalue weighted by Gasteiger charge is 2.33. The Morgan fingerprint density at radius 1 is 0.600 bits per heavy atom. The SMILES string of the molecule is CCCCCCCCCCCCCCCC(=O)N[C@@H](Cc1ccccc1)C(=O)C[C@@H](CCCN=C(N)N)C(=O)N[C@@H](CCCN=C(N)N)C(=O)C[C@@H](CC(C)C)C(=O)N[C@@H](Cc1cnc[nH]1)C(=O)CC. The number of aliphatic imine (C=N–C) groups is 2. The van der Waals surface area contributed by atoms with Gasteiger partial charge in [-0.25, -0.2) is 4.98 Å². The third-order valence-corrected chi connectivity index (χ3v) is 12.6. The van der Waals surface area contributed by atoms with Gasteiger partial charge in [-0.2, -0.15) is 0 Å². The number of unbranched alkanes of at least 4 members (excludes halogenated alkanes) is 12. The van der Waals surface area contributed by atoms with Crippen LogP contribution in [0.15, 0.2) is 52.8 Å². The Balaban J connectivity index is 2.26. The Labute approximate surface area is 418 Å². The van der Waals surface area contributed by atoms with Gasteiger partial charge in [-0.3, -0.25) is 38.8 Å². The van der Waals surface area contributed by atoms with Gasteiger partial charge < -0.3 is 43.9 Å². The van der Waals surface area contributed by atoms with Crippen LogP contribution in [-0.4, -0.2) is 88.2 Å². The van der Waals surface area contributed by atoms with Crippen molar-refractivity contribution in [3.8, 4) is 0 Å². The molecule has 5 atom stereocenters. The first kappa shape index (κ1) is 60.5. The lowest BCUT2D eigenvalue weighted by atomic mass is 9.87. The van der Waals surface area contributed by atoms with Crippen molar-refractivity contribution in [3.05, 3.63) is 54.1 Å². The lowest BCUT2D eigenvalue weighted by molar-refractivity contribution is -0.135. The summed E-state index contributed by atoms with van der Waals surface area (Å²) in [5, 5.41) is 8.82. The van der Waals surface area contributed by atoms with E-state index in [1.165, 1.54) is 64.1 Å². The number of nitrogens with one attached hydrogen (secondary N) is 4. The van der Waals surface area contributed by atoms with E-state index in [0.717, 1.165) is 24.8 Å². The Hall–Kier alpha value is -5.61. The molecule has 1 aromatic carbocycles. The van der Waals surface area contributed by atoms with Crippen LogP contribution >= 0.6 is 0 Å². The number of carbonyl (C=O) groups is 6. The van der Waals surface area contributed by atoms with Crippen molar-refractivity contribution in [3.63, 3.8) is 0 Å². The fourth-order valence-electron chi connectivity index (χ4n) is 8.66. The van der Waals surface area contributed by atoms with E-state index in [9.17, 15) is 28.8 Å². The molecule has 0 spiro atoms. The smallest absolute Gasteiger partial charge is 0.224 e. The molecule has 2 aromatic rings. The van der Waals surface area contributed by atoms with Gasteiger partial charge in [0, 0.05) is 68.9 Å². The summed E-state index contributed by atoms with van der Waals surface area (Å²) in [6.45, 7) is 8.24. The van der Waals surface area contributed by atoms with Crippen molar-refractivity contribution in [2.24, 2.45) is 50.7 Å². The highest BCUT2D eigenvalue weighted by atomic mass is 16.2.